The molecule has 2 heterocycles. The van der Waals surface area contributed by atoms with E-state index in [0.717, 1.165) is 29.0 Å². The average molecular weight is 335 g/mol. The number of benzene rings is 1. The molecular formula is C16H21N3OS2. The first-order valence-corrected chi connectivity index (χ1v) is 9.40. The van der Waals surface area contributed by atoms with Crippen molar-refractivity contribution in [3.05, 3.63) is 40.9 Å². The summed E-state index contributed by atoms with van der Waals surface area (Å²) in [5.74, 6) is 0. The SMILES string of the molecule is CSc1nnc(CN2CC(c3ccccc3)OCC2(C)C)s1. The summed E-state index contributed by atoms with van der Waals surface area (Å²) >= 11 is 3.33. The fourth-order valence-electron chi connectivity index (χ4n) is 2.59. The van der Waals surface area contributed by atoms with Gasteiger partial charge in [0.15, 0.2) is 4.34 Å². The van der Waals surface area contributed by atoms with Gasteiger partial charge in [-0.3, -0.25) is 4.90 Å². The lowest BCUT2D eigenvalue weighted by Gasteiger charge is -2.45. The van der Waals surface area contributed by atoms with E-state index in [-0.39, 0.29) is 11.6 Å². The van der Waals surface area contributed by atoms with Crippen LogP contribution in [0.5, 0.6) is 0 Å². The molecule has 0 bridgehead atoms. The highest BCUT2D eigenvalue weighted by Crippen LogP contribution is 2.32. The zero-order valence-electron chi connectivity index (χ0n) is 13.2. The van der Waals surface area contributed by atoms with Gasteiger partial charge in [-0.05, 0) is 25.7 Å². The van der Waals surface area contributed by atoms with E-state index in [4.69, 9.17) is 4.74 Å². The van der Waals surface area contributed by atoms with Crippen molar-refractivity contribution in [1.29, 1.82) is 0 Å². The van der Waals surface area contributed by atoms with Crippen molar-refractivity contribution in [2.45, 2.75) is 36.4 Å². The van der Waals surface area contributed by atoms with Gasteiger partial charge < -0.3 is 4.74 Å². The Bertz CT molecular complexity index is 615. The molecule has 118 valence electrons. The van der Waals surface area contributed by atoms with Gasteiger partial charge in [0.1, 0.15) is 5.01 Å². The monoisotopic (exact) mass is 335 g/mol. The third-order valence-electron chi connectivity index (χ3n) is 4.00. The van der Waals surface area contributed by atoms with Crippen LogP contribution in [0.4, 0.5) is 0 Å². The Morgan fingerprint density at radius 1 is 1.32 bits per heavy atom. The minimum atomic E-state index is 0.0104. The van der Waals surface area contributed by atoms with E-state index in [9.17, 15) is 0 Å². The first-order valence-electron chi connectivity index (χ1n) is 7.36. The summed E-state index contributed by atoms with van der Waals surface area (Å²) in [6, 6.07) is 10.5. The number of thioether (sulfide) groups is 1. The lowest BCUT2D eigenvalue weighted by Crippen LogP contribution is -2.53. The van der Waals surface area contributed by atoms with Crippen LogP contribution in [0.1, 0.15) is 30.5 Å². The van der Waals surface area contributed by atoms with Gasteiger partial charge >= 0.3 is 0 Å². The van der Waals surface area contributed by atoms with Gasteiger partial charge in [0.2, 0.25) is 0 Å². The number of nitrogens with zero attached hydrogens (tertiary/aromatic N) is 3. The highest BCUT2D eigenvalue weighted by molar-refractivity contribution is 8.00. The van der Waals surface area contributed by atoms with Crippen LogP contribution in [0.3, 0.4) is 0 Å². The van der Waals surface area contributed by atoms with E-state index in [1.807, 2.05) is 12.3 Å². The van der Waals surface area contributed by atoms with E-state index in [0.29, 0.717) is 0 Å². The summed E-state index contributed by atoms with van der Waals surface area (Å²) in [6.07, 6.45) is 2.16. The summed E-state index contributed by atoms with van der Waals surface area (Å²) in [4.78, 5) is 2.46. The summed E-state index contributed by atoms with van der Waals surface area (Å²) in [7, 11) is 0. The van der Waals surface area contributed by atoms with Crippen LogP contribution in [0.15, 0.2) is 34.7 Å². The molecule has 0 saturated carbocycles. The van der Waals surface area contributed by atoms with E-state index in [2.05, 4.69) is 53.2 Å². The molecule has 1 aliphatic rings. The van der Waals surface area contributed by atoms with Crippen molar-refractivity contribution < 1.29 is 4.74 Å². The van der Waals surface area contributed by atoms with Crippen LogP contribution in [0.2, 0.25) is 0 Å². The Balaban J connectivity index is 1.75. The van der Waals surface area contributed by atoms with Gasteiger partial charge in [0.05, 0.1) is 19.3 Å². The second-order valence-corrected chi connectivity index (χ2v) is 8.18. The van der Waals surface area contributed by atoms with Crippen LogP contribution >= 0.6 is 23.1 Å². The van der Waals surface area contributed by atoms with Crippen molar-refractivity contribution in [3.63, 3.8) is 0 Å². The second-order valence-electron chi connectivity index (χ2n) is 6.07. The second kappa shape index (κ2) is 6.66. The van der Waals surface area contributed by atoms with Crippen LogP contribution in [-0.4, -0.2) is 40.0 Å². The number of rotatable bonds is 4. The molecule has 6 heteroatoms. The molecule has 4 nitrogen and oxygen atoms in total. The largest absolute Gasteiger partial charge is 0.370 e. The molecule has 1 aromatic heterocycles. The van der Waals surface area contributed by atoms with Gasteiger partial charge in [0.25, 0.3) is 0 Å². The normalized spacial score (nSPS) is 21.9. The molecular weight excluding hydrogens is 314 g/mol. The average Bonchev–Trinajstić information content (AvgIpc) is 2.98. The number of aromatic nitrogens is 2. The molecule has 1 aromatic carbocycles. The molecule has 2 aromatic rings. The Labute approximate surface area is 139 Å². The Kier molecular flexibility index (Phi) is 4.82. The van der Waals surface area contributed by atoms with E-state index in [1.165, 1.54) is 5.56 Å². The molecule has 1 saturated heterocycles. The highest BCUT2D eigenvalue weighted by Gasteiger charge is 2.36. The fourth-order valence-corrected chi connectivity index (χ4v) is 3.92. The topological polar surface area (TPSA) is 38.2 Å². The van der Waals surface area contributed by atoms with Crippen LogP contribution in [0, 0.1) is 0 Å². The maximum Gasteiger partial charge on any atom is 0.174 e. The molecule has 1 atom stereocenters. The van der Waals surface area contributed by atoms with Crippen LogP contribution in [-0.2, 0) is 11.3 Å². The van der Waals surface area contributed by atoms with E-state index < -0.39 is 0 Å². The smallest absolute Gasteiger partial charge is 0.174 e. The van der Waals surface area contributed by atoms with Gasteiger partial charge in [-0.15, -0.1) is 10.2 Å². The Hall–Kier alpha value is -0.950. The highest BCUT2D eigenvalue weighted by atomic mass is 32.2. The minimum absolute atomic E-state index is 0.0104. The fraction of sp³-hybridized carbons (Fsp3) is 0.500. The lowest BCUT2D eigenvalue weighted by molar-refractivity contribution is -0.104. The summed E-state index contributed by atoms with van der Waals surface area (Å²) in [5, 5.41) is 9.58. The number of hydrogen-bond donors (Lipinski definition) is 0. The molecule has 0 radical (unpaired) electrons. The lowest BCUT2D eigenvalue weighted by atomic mass is 9.98. The zero-order chi connectivity index (χ0) is 15.6. The van der Waals surface area contributed by atoms with Crippen LogP contribution < -0.4 is 0 Å². The van der Waals surface area contributed by atoms with Crippen molar-refractivity contribution in [2.24, 2.45) is 0 Å². The molecule has 1 unspecified atom stereocenters. The Morgan fingerprint density at radius 3 is 2.77 bits per heavy atom. The quantitative estimate of drug-likeness (QED) is 0.798. The minimum Gasteiger partial charge on any atom is -0.370 e. The molecule has 0 N–H and O–H groups in total. The first kappa shape index (κ1) is 15.9. The van der Waals surface area contributed by atoms with Gasteiger partial charge in [-0.2, -0.15) is 0 Å². The van der Waals surface area contributed by atoms with Crippen LogP contribution in [0.25, 0.3) is 0 Å². The molecule has 0 spiro atoms. The number of hydrogen-bond acceptors (Lipinski definition) is 6. The molecule has 1 aliphatic heterocycles. The van der Waals surface area contributed by atoms with Crippen molar-refractivity contribution in [2.75, 3.05) is 19.4 Å². The molecule has 0 aliphatic carbocycles. The van der Waals surface area contributed by atoms with Crippen molar-refractivity contribution >= 4 is 23.1 Å². The molecule has 0 amide bonds. The van der Waals surface area contributed by atoms with E-state index >= 15 is 0 Å². The molecule has 3 rings (SSSR count). The summed E-state index contributed by atoms with van der Waals surface area (Å²) in [6.45, 7) is 6.89. The third kappa shape index (κ3) is 3.51. The van der Waals surface area contributed by atoms with Crippen molar-refractivity contribution in [1.82, 2.24) is 15.1 Å². The first-order chi connectivity index (χ1) is 10.6. The molecule has 1 fully saturated rings. The maximum absolute atomic E-state index is 6.10. The predicted octanol–water partition coefficient (Wildman–Crippen LogP) is 3.61. The third-order valence-corrected chi connectivity index (χ3v) is 5.88. The number of ether oxygens (including phenoxy) is 1. The van der Waals surface area contributed by atoms with Gasteiger partial charge in [0, 0.05) is 12.1 Å². The summed E-state index contributed by atoms with van der Waals surface area (Å²) < 4.78 is 7.12. The molecule has 22 heavy (non-hydrogen) atoms. The Morgan fingerprint density at radius 2 is 2.09 bits per heavy atom. The van der Waals surface area contributed by atoms with Gasteiger partial charge in [-0.1, -0.05) is 53.4 Å². The summed E-state index contributed by atoms with van der Waals surface area (Å²) in [5.41, 5.74) is 1.25. The van der Waals surface area contributed by atoms with Crippen molar-refractivity contribution in [3.8, 4) is 0 Å². The number of morpholine rings is 1. The van der Waals surface area contributed by atoms with E-state index in [1.54, 1.807) is 23.1 Å². The van der Waals surface area contributed by atoms with Gasteiger partial charge in [-0.25, -0.2) is 0 Å². The zero-order valence-corrected chi connectivity index (χ0v) is 14.8. The maximum atomic E-state index is 6.10. The standard InChI is InChI=1S/C16H21N3OS2/c1-16(2)11-20-13(12-7-5-4-6-8-12)9-19(16)10-14-17-18-15(21-3)22-14/h4-8,13H,9-11H2,1-3H3. The predicted molar refractivity (Wildman–Crippen MR) is 91.3 cm³/mol.